The lowest BCUT2D eigenvalue weighted by molar-refractivity contribution is -0.921. The van der Waals surface area contributed by atoms with E-state index in [1.165, 1.54) is 23.3 Å². The Morgan fingerprint density at radius 3 is 2.59 bits per heavy atom. The number of hydrogen-bond acceptors (Lipinski definition) is 7. The molecule has 3 aromatic rings. The number of carbonyl (C=O) groups is 1. The molecule has 8 heteroatoms. The van der Waals surface area contributed by atoms with Crippen molar-refractivity contribution in [3.05, 3.63) is 64.0 Å². The van der Waals surface area contributed by atoms with Gasteiger partial charge in [0.25, 0.3) is 0 Å². The first-order chi connectivity index (χ1) is 15.6. The third kappa shape index (κ3) is 4.76. The molecule has 1 aliphatic rings. The number of benzene rings is 2. The van der Waals surface area contributed by atoms with Crippen LogP contribution < -0.4 is 15.1 Å². The maximum atomic E-state index is 13.0. The van der Waals surface area contributed by atoms with Crippen molar-refractivity contribution < 1.29 is 33.4 Å². The van der Waals surface area contributed by atoms with Crippen molar-refractivity contribution in [3.63, 3.8) is 0 Å². The molecule has 0 atom stereocenters. The first-order valence-corrected chi connectivity index (χ1v) is 10.7. The van der Waals surface area contributed by atoms with Gasteiger partial charge in [0.05, 0.1) is 36.3 Å². The van der Waals surface area contributed by atoms with Gasteiger partial charge in [0.1, 0.15) is 37.4 Å². The zero-order valence-electron chi connectivity index (χ0n) is 17.9. The lowest BCUT2D eigenvalue weighted by Gasteiger charge is -2.24. The van der Waals surface area contributed by atoms with Crippen LogP contribution in [0.2, 0.25) is 0 Å². The van der Waals surface area contributed by atoms with Crippen LogP contribution in [0.5, 0.6) is 17.2 Å². The molecule has 0 amide bonds. The van der Waals surface area contributed by atoms with Gasteiger partial charge in [-0.2, -0.15) is 0 Å². The lowest BCUT2D eigenvalue weighted by Crippen LogP contribution is -3.12. The van der Waals surface area contributed by atoms with Gasteiger partial charge in [-0.3, -0.25) is 4.79 Å². The van der Waals surface area contributed by atoms with E-state index in [-0.39, 0.29) is 16.9 Å². The lowest BCUT2D eigenvalue weighted by atomic mass is 10.1. The highest BCUT2D eigenvalue weighted by molar-refractivity contribution is 5.89. The van der Waals surface area contributed by atoms with Gasteiger partial charge in [-0.25, -0.2) is 4.79 Å². The molecule has 4 rings (SSSR count). The number of hydrogen-bond donors (Lipinski definition) is 2. The Balaban J connectivity index is 1.56. The number of phenolic OH excluding ortho intramolecular Hbond substituents is 1. The molecule has 0 saturated carbocycles. The summed E-state index contributed by atoms with van der Waals surface area (Å²) in [6, 6.07) is 9.39. The Kier molecular flexibility index (Phi) is 6.72. The number of esters is 1. The number of morpholine rings is 1. The fourth-order valence-electron chi connectivity index (χ4n) is 3.62. The van der Waals surface area contributed by atoms with E-state index in [1.54, 1.807) is 24.3 Å². The molecule has 1 fully saturated rings. The zero-order valence-corrected chi connectivity index (χ0v) is 17.9. The predicted molar refractivity (Wildman–Crippen MR) is 116 cm³/mol. The van der Waals surface area contributed by atoms with E-state index in [9.17, 15) is 14.7 Å². The molecule has 0 radical (unpaired) electrons. The largest absolute Gasteiger partial charge is 0.507 e. The minimum Gasteiger partial charge on any atom is -0.507 e. The maximum Gasteiger partial charge on any atom is 0.338 e. The molecule has 1 aromatic heterocycles. The quantitative estimate of drug-likeness (QED) is 0.544. The van der Waals surface area contributed by atoms with Gasteiger partial charge in [-0.1, -0.05) is 6.92 Å². The molecular formula is C24H26NO7+. The molecule has 1 aliphatic heterocycles. The van der Waals surface area contributed by atoms with Crippen LogP contribution in [0.3, 0.4) is 0 Å². The second-order valence-corrected chi connectivity index (χ2v) is 7.67. The Bertz CT molecular complexity index is 1150. The van der Waals surface area contributed by atoms with E-state index in [4.69, 9.17) is 18.6 Å². The third-order valence-electron chi connectivity index (χ3n) is 5.37. The summed E-state index contributed by atoms with van der Waals surface area (Å²) in [7, 11) is 0. The molecule has 168 valence electrons. The van der Waals surface area contributed by atoms with Crippen LogP contribution in [0.25, 0.3) is 11.0 Å². The van der Waals surface area contributed by atoms with Gasteiger partial charge in [-0.05, 0) is 42.8 Å². The third-order valence-corrected chi connectivity index (χ3v) is 5.37. The van der Waals surface area contributed by atoms with Crippen molar-refractivity contribution >= 4 is 16.9 Å². The van der Waals surface area contributed by atoms with Crippen molar-refractivity contribution in [2.45, 2.75) is 19.9 Å². The number of phenols is 1. The summed E-state index contributed by atoms with van der Waals surface area (Å²) in [6.45, 7) is 5.79. The van der Waals surface area contributed by atoms with E-state index in [0.29, 0.717) is 54.2 Å². The fraction of sp³-hybridized carbons (Fsp3) is 0.333. The molecule has 1 saturated heterocycles. The van der Waals surface area contributed by atoms with Crippen LogP contribution in [0, 0.1) is 0 Å². The highest BCUT2D eigenvalue weighted by atomic mass is 16.5. The number of rotatable bonds is 7. The molecule has 32 heavy (non-hydrogen) atoms. The van der Waals surface area contributed by atoms with Gasteiger partial charge in [0, 0.05) is 0 Å². The highest BCUT2D eigenvalue weighted by Crippen LogP contribution is 2.28. The average Bonchev–Trinajstić information content (AvgIpc) is 2.82. The maximum absolute atomic E-state index is 13.0. The predicted octanol–water partition coefficient (Wildman–Crippen LogP) is 2.27. The number of nitrogens with one attached hydrogen (secondary N) is 1. The first-order valence-electron chi connectivity index (χ1n) is 10.7. The number of carbonyl (C=O) groups excluding carboxylic acids is 1. The average molecular weight is 440 g/mol. The Morgan fingerprint density at radius 2 is 1.88 bits per heavy atom. The van der Waals surface area contributed by atoms with Gasteiger partial charge in [0.15, 0.2) is 5.58 Å². The fourth-order valence-corrected chi connectivity index (χ4v) is 3.62. The second kappa shape index (κ2) is 9.84. The first kappa shape index (κ1) is 21.9. The van der Waals surface area contributed by atoms with E-state index < -0.39 is 5.97 Å². The van der Waals surface area contributed by atoms with E-state index >= 15 is 0 Å². The van der Waals surface area contributed by atoms with Gasteiger partial charge >= 0.3 is 5.97 Å². The minimum atomic E-state index is -0.404. The Morgan fingerprint density at radius 1 is 1.12 bits per heavy atom. The molecule has 0 aliphatic carbocycles. The Hall–Kier alpha value is -3.36. The van der Waals surface area contributed by atoms with Gasteiger partial charge < -0.3 is 28.6 Å². The summed E-state index contributed by atoms with van der Waals surface area (Å²) in [5, 5.41) is 10.7. The number of fused-ring (bicyclic) bond motifs is 1. The number of aromatic hydroxyl groups is 1. The normalized spacial score (nSPS) is 14.4. The van der Waals surface area contributed by atoms with Crippen LogP contribution in [0.4, 0.5) is 0 Å². The molecule has 2 N–H and O–H groups in total. The molecule has 0 spiro atoms. The summed E-state index contributed by atoms with van der Waals surface area (Å²) < 4.78 is 22.0. The van der Waals surface area contributed by atoms with Crippen LogP contribution in [-0.2, 0) is 16.0 Å². The molecular weight excluding hydrogens is 414 g/mol. The van der Waals surface area contributed by atoms with Crippen LogP contribution in [0.15, 0.2) is 51.9 Å². The monoisotopic (exact) mass is 440 g/mol. The van der Waals surface area contributed by atoms with E-state index in [0.717, 1.165) is 19.5 Å². The van der Waals surface area contributed by atoms with E-state index in [1.807, 2.05) is 6.92 Å². The SMILES string of the molecule is CCCOC(=O)c1ccc(Oc2coc3c(C[NH+]4CCOCC4)c(O)ccc3c2=O)cc1. The van der Waals surface area contributed by atoms with Crippen LogP contribution >= 0.6 is 0 Å². The zero-order chi connectivity index (χ0) is 22.5. The summed E-state index contributed by atoms with van der Waals surface area (Å²) in [6.07, 6.45) is 2.00. The highest BCUT2D eigenvalue weighted by Gasteiger charge is 2.21. The van der Waals surface area contributed by atoms with Crippen LogP contribution in [-0.4, -0.2) is 44.0 Å². The summed E-state index contributed by atoms with van der Waals surface area (Å²) in [5.41, 5.74) is 1.02. The topological polar surface area (TPSA) is 99.6 Å². The summed E-state index contributed by atoms with van der Waals surface area (Å²) in [4.78, 5) is 26.2. The second-order valence-electron chi connectivity index (χ2n) is 7.67. The van der Waals surface area contributed by atoms with E-state index in [2.05, 4.69) is 0 Å². The molecule has 0 bridgehead atoms. The van der Waals surface area contributed by atoms with Crippen molar-refractivity contribution in [2.24, 2.45) is 0 Å². The van der Waals surface area contributed by atoms with Gasteiger partial charge in [0.2, 0.25) is 11.2 Å². The smallest absolute Gasteiger partial charge is 0.338 e. The number of ether oxygens (including phenoxy) is 3. The molecule has 0 unspecified atom stereocenters. The molecule has 2 aromatic carbocycles. The summed E-state index contributed by atoms with van der Waals surface area (Å²) >= 11 is 0. The number of quaternary nitrogens is 1. The van der Waals surface area contributed by atoms with Gasteiger partial charge in [-0.15, -0.1) is 0 Å². The molecule has 8 nitrogen and oxygen atoms in total. The van der Waals surface area contributed by atoms with Crippen LogP contribution in [0.1, 0.15) is 29.3 Å². The van der Waals surface area contributed by atoms with Crippen molar-refractivity contribution in [2.75, 3.05) is 32.9 Å². The minimum absolute atomic E-state index is 0.0224. The molecule has 2 heterocycles. The Labute approximate surface area is 184 Å². The summed E-state index contributed by atoms with van der Waals surface area (Å²) in [5.74, 6) is 0.104. The van der Waals surface area contributed by atoms with Crippen molar-refractivity contribution in [1.29, 1.82) is 0 Å². The standard InChI is InChI=1S/C24H25NO7/c1-2-11-30-24(28)16-3-5-17(6-4-16)32-21-15-31-23-18(22(21)27)7-8-20(26)19(23)14-25-9-12-29-13-10-25/h3-8,15,26H,2,9-14H2,1H3/p+1. The van der Waals surface area contributed by atoms with Crippen molar-refractivity contribution in [1.82, 2.24) is 0 Å². The van der Waals surface area contributed by atoms with Crippen molar-refractivity contribution in [3.8, 4) is 17.2 Å².